The van der Waals surface area contributed by atoms with Crippen LogP contribution in [-0.4, -0.2) is 24.0 Å². The molecule has 0 saturated carbocycles. The zero-order chi connectivity index (χ0) is 7.19. The molecule has 0 aromatic carbocycles. The van der Waals surface area contributed by atoms with E-state index in [2.05, 4.69) is 18.7 Å². The van der Waals surface area contributed by atoms with Crippen LogP contribution in [0.15, 0.2) is 0 Å². The van der Waals surface area contributed by atoms with E-state index in [0.717, 1.165) is 6.04 Å². The summed E-state index contributed by atoms with van der Waals surface area (Å²) in [6.45, 7) is 7.57. The predicted octanol–water partition coefficient (Wildman–Crippen LogP) is 1.88. The maximum Gasteiger partial charge on any atom is 0.0147 e. The number of hydrogen-bond acceptors (Lipinski definition) is 1. The molecule has 0 N–H and O–H groups in total. The first-order valence-corrected chi connectivity index (χ1v) is 4.44. The standard InChI is InChI=1S/C9H17N/c1-9(2)5-7-10-6-3-4-8(9)10/h8H,3-7H2,1-2H3. The SMILES string of the molecule is CC1(C)CCN2CCCC21. The van der Waals surface area contributed by atoms with Crippen LogP contribution in [0.3, 0.4) is 0 Å². The fourth-order valence-corrected chi connectivity index (χ4v) is 2.58. The second-order valence-corrected chi connectivity index (χ2v) is 4.43. The highest BCUT2D eigenvalue weighted by Gasteiger charge is 2.42. The lowest BCUT2D eigenvalue weighted by atomic mass is 9.84. The molecule has 58 valence electrons. The van der Waals surface area contributed by atoms with E-state index in [1.54, 1.807) is 0 Å². The van der Waals surface area contributed by atoms with Crippen molar-refractivity contribution in [2.45, 2.75) is 39.2 Å². The summed E-state index contributed by atoms with van der Waals surface area (Å²) in [5, 5.41) is 0. The minimum atomic E-state index is 0.622. The van der Waals surface area contributed by atoms with Gasteiger partial charge in [-0.1, -0.05) is 13.8 Å². The molecular weight excluding hydrogens is 122 g/mol. The van der Waals surface area contributed by atoms with Gasteiger partial charge in [-0.15, -0.1) is 0 Å². The molecule has 0 bridgehead atoms. The van der Waals surface area contributed by atoms with Gasteiger partial charge in [0.1, 0.15) is 0 Å². The lowest BCUT2D eigenvalue weighted by Gasteiger charge is -2.26. The zero-order valence-corrected chi connectivity index (χ0v) is 7.06. The Morgan fingerprint density at radius 1 is 1.30 bits per heavy atom. The average Bonchev–Trinajstić information content (AvgIpc) is 2.36. The second-order valence-electron chi connectivity index (χ2n) is 4.43. The van der Waals surface area contributed by atoms with Crippen LogP contribution in [0.1, 0.15) is 33.1 Å². The molecule has 0 spiro atoms. The van der Waals surface area contributed by atoms with Gasteiger partial charge < -0.3 is 0 Å². The molecule has 0 amide bonds. The van der Waals surface area contributed by atoms with Crippen molar-refractivity contribution in [3.8, 4) is 0 Å². The third-order valence-corrected chi connectivity index (χ3v) is 3.31. The summed E-state index contributed by atoms with van der Waals surface area (Å²) in [4.78, 5) is 2.67. The lowest BCUT2D eigenvalue weighted by Crippen LogP contribution is -2.30. The summed E-state index contributed by atoms with van der Waals surface area (Å²) in [5.41, 5.74) is 0.622. The Morgan fingerprint density at radius 2 is 2.10 bits per heavy atom. The molecule has 2 aliphatic heterocycles. The van der Waals surface area contributed by atoms with Crippen LogP contribution in [0.25, 0.3) is 0 Å². The number of fused-ring (bicyclic) bond motifs is 1. The summed E-state index contributed by atoms with van der Waals surface area (Å²) in [5.74, 6) is 0. The highest BCUT2D eigenvalue weighted by molar-refractivity contribution is 4.96. The van der Waals surface area contributed by atoms with Gasteiger partial charge in [-0.2, -0.15) is 0 Å². The van der Waals surface area contributed by atoms with Crippen LogP contribution < -0.4 is 0 Å². The molecule has 2 saturated heterocycles. The predicted molar refractivity (Wildman–Crippen MR) is 43.0 cm³/mol. The quantitative estimate of drug-likeness (QED) is 0.495. The van der Waals surface area contributed by atoms with Crippen molar-refractivity contribution in [1.29, 1.82) is 0 Å². The number of rotatable bonds is 0. The van der Waals surface area contributed by atoms with Crippen molar-refractivity contribution in [3.05, 3.63) is 0 Å². The first kappa shape index (κ1) is 6.66. The fourth-order valence-electron chi connectivity index (χ4n) is 2.58. The zero-order valence-electron chi connectivity index (χ0n) is 7.06. The van der Waals surface area contributed by atoms with Gasteiger partial charge in [-0.05, 0) is 37.8 Å². The van der Waals surface area contributed by atoms with Crippen LogP contribution in [0.4, 0.5) is 0 Å². The summed E-state index contributed by atoms with van der Waals surface area (Å²) in [7, 11) is 0. The van der Waals surface area contributed by atoms with Crippen molar-refractivity contribution in [1.82, 2.24) is 4.90 Å². The smallest absolute Gasteiger partial charge is 0.0147 e. The third kappa shape index (κ3) is 0.800. The van der Waals surface area contributed by atoms with E-state index in [0.29, 0.717) is 5.41 Å². The van der Waals surface area contributed by atoms with E-state index in [-0.39, 0.29) is 0 Å². The Balaban J connectivity index is 2.16. The van der Waals surface area contributed by atoms with Crippen LogP contribution in [0.2, 0.25) is 0 Å². The molecule has 1 nitrogen and oxygen atoms in total. The van der Waals surface area contributed by atoms with Crippen LogP contribution in [0.5, 0.6) is 0 Å². The van der Waals surface area contributed by atoms with Gasteiger partial charge in [-0.25, -0.2) is 0 Å². The Hall–Kier alpha value is -0.0400. The molecule has 1 heteroatoms. The van der Waals surface area contributed by atoms with Gasteiger partial charge in [0.15, 0.2) is 0 Å². The van der Waals surface area contributed by atoms with E-state index >= 15 is 0 Å². The maximum absolute atomic E-state index is 2.67. The normalized spacial score (nSPS) is 38.4. The van der Waals surface area contributed by atoms with Gasteiger partial charge in [-0.3, -0.25) is 4.90 Å². The first-order chi connectivity index (χ1) is 4.70. The van der Waals surface area contributed by atoms with E-state index in [4.69, 9.17) is 0 Å². The Bertz CT molecular complexity index is 140. The maximum atomic E-state index is 2.67. The summed E-state index contributed by atoms with van der Waals surface area (Å²) in [6, 6.07) is 0.924. The molecule has 1 unspecified atom stereocenters. The van der Waals surface area contributed by atoms with E-state index in [1.807, 2.05) is 0 Å². The molecule has 2 heterocycles. The molecule has 0 aliphatic carbocycles. The second kappa shape index (κ2) is 1.97. The molecule has 0 aromatic rings. The molecule has 0 radical (unpaired) electrons. The minimum absolute atomic E-state index is 0.622. The Labute approximate surface area is 63.4 Å². The molecule has 2 aliphatic rings. The van der Waals surface area contributed by atoms with E-state index in [9.17, 15) is 0 Å². The monoisotopic (exact) mass is 139 g/mol. The largest absolute Gasteiger partial charge is 0.300 e. The number of nitrogens with zero attached hydrogens (tertiary/aromatic N) is 1. The van der Waals surface area contributed by atoms with Gasteiger partial charge in [0.2, 0.25) is 0 Å². The third-order valence-electron chi connectivity index (χ3n) is 3.31. The Morgan fingerprint density at radius 3 is 2.80 bits per heavy atom. The molecule has 10 heavy (non-hydrogen) atoms. The fraction of sp³-hybridized carbons (Fsp3) is 1.00. The van der Waals surface area contributed by atoms with Gasteiger partial charge in [0.25, 0.3) is 0 Å². The summed E-state index contributed by atoms with van der Waals surface area (Å²) >= 11 is 0. The molecular formula is C9H17N. The van der Waals surface area contributed by atoms with Crippen LogP contribution in [-0.2, 0) is 0 Å². The van der Waals surface area contributed by atoms with E-state index < -0.39 is 0 Å². The van der Waals surface area contributed by atoms with Crippen molar-refractivity contribution in [3.63, 3.8) is 0 Å². The molecule has 2 fully saturated rings. The summed E-state index contributed by atoms with van der Waals surface area (Å²) < 4.78 is 0. The first-order valence-electron chi connectivity index (χ1n) is 4.44. The van der Waals surface area contributed by atoms with Crippen LogP contribution >= 0.6 is 0 Å². The molecule has 0 aromatic heterocycles. The van der Waals surface area contributed by atoms with Crippen molar-refractivity contribution >= 4 is 0 Å². The van der Waals surface area contributed by atoms with Gasteiger partial charge in [0, 0.05) is 6.04 Å². The Kier molecular flexibility index (Phi) is 1.31. The summed E-state index contributed by atoms with van der Waals surface area (Å²) in [6.07, 6.45) is 4.30. The average molecular weight is 139 g/mol. The van der Waals surface area contributed by atoms with Crippen molar-refractivity contribution in [2.75, 3.05) is 13.1 Å². The lowest BCUT2D eigenvalue weighted by molar-refractivity contribution is 0.232. The topological polar surface area (TPSA) is 3.24 Å². The highest BCUT2D eigenvalue weighted by Crippen LogP contribution is 2.41. The van der Waals surface area contributed by atoms with Crippen molar-refractivity contribution < 1.29 is 0 Å². The molecule has 2 rings (SSSR count). The van der Waals surface area contributed by atoms with Gasteiger partial charge in [0.05, 0.1) is 0 Å². The van der Waals surface area contributed by atoms with Gasteiger partial charge >= 0.3 is 0 Å². The number of hydrogen-bond donors (Lipinski definition) is 0. The molecule has 1 atom stereocenters. The minimum Gasteiger partial charge on any atom is -0.300 e. The van der Waals surface area contributed by atoms with Crippen LogP contribution in [0, 0.1) is 5.41 Å². The van der Waals surface area contributed by atoms with Crippen molar-refractivity contribution in [2.24, 2.45) is 5.41 Å². The highest BCUT2D eigenvalue weighted by atomic mass is 15.2. The van der Waals surface area contributed by atoms with E-state index in [1.165, 1.54) is 32.4 Å².